The Morgan fingerprint density at radius 2 is 1.16 bits per heavy atom. The normalized spacial score (nSPS) is 17.9. The molecule has 0 amide bonds. The third kappa shape index (κ3) is 8.97. The summed E-state index contributed by atoms with van der Waals surface area (Å²) in [6, 6.07) is 30.5. The van der Waals surface area contributed by atoms with Crippen molar-refractivity contribution in [2.75, 3.05) is 26.2 Å². The van der Waals surface area contributed by atoms with Crippen LogP contribution >= 0.6 is 24.4 Å². The first-order chi connectivity index (χ1) is 17.5. The number of hydrogen-bond donors (Lipinski definition) is 1. The molecular weight excluding hydrogens is 521 g/mol. The van der Waals surface area contributed by atoms with Gasteiger partial charge in [-0.2, -0.15) is 0 Å². The first-order valence-corrected chi connectivity index (χ1v) is 13.3. The quantitative estimate of drug-likeness (QED) is 0.295. The minimum absolute atomic E-state index is 0. The van der Waals surface area contributed by atoms with Crippen LogP contribution in [-0.4, -0.2) is 57.3 Å². The van der Waals surface area contributed by atoms with Crippen LogP contribution in [0.5, 0.6) is 0 Å². The zero-order valence-corrected chi connectivity index (χ0v) is 25.5. The number of benzene rings is 3. The van der Waals surface area contributed by atoms with Gasteiger partial charge in [-0.25, -0.2) is 0 Å². The predicted octanol–water partition coefficient (Wildman–Crippen LogP) is 2.62. The number of likely N-dealkylation sites (tertiary alicyclic amines) is 2. The number of ketones is 1. The summed E-state index contributed by atoms with van der Waals surface area (Å²) in [4.78, 5) is 17.3. The molecule has 2 aliphatic heterocycles. The number of hydrogen-bond acceptors (Lipinski definition) is 4. The van der Waals surface area contributed by atoms with Gasteiger partial charge in [0.2, 0.25) is 0 Å². The van der Waals surface area contributed by atoms with Crippen LogP contribution in [0.1, 0.15) is 52.6 Å². The van der Waals surface area contributed by atoms with Crippen LogP contribution in [-0.2, 0) is 0 Å². The average Bonchev–Trinajstić information content (AvgIpc) is 3.62. The number of Topliss-reactive ketones (excluding diaryl/α,β-unsaturated/α-hetero) is 1. The Bertz CT molecular complexity index is 1170. The van der Waals surface area contributed by atoms with Gasteiger partial charge in [-0.3, -0.25) is 4.79 Å². The van der Waals surface area contributed by atoms with Crippen LogP contribution in [0.25, 0.3) is 0 Å². The van der Waals surface area contributed by atoms with E-state index in [4.69, 9.17) is 30.2 Å². The SMILES string of the molecule is NC(=S)N1CCC(c2ccccc2)C1.O=C(CC(=S)N1CCC(c2ccccc2)C1)c1ccccc1.[Na+].[OH-]. The van der Waals surface area contributed by atoms with Crippen molar-refractivity contribution in [1.82, 2.24) is 9.80 Å². The zero-order valence-electron chi connectivity index (χ0n) is 21.9. The van der Waals surface area contributed by atoms with Crippen molar-refractivity contribution < 1.29 is 39.8 Å². The summed E-state index contributed by atoms with van der Waals surface area (Å²) in [6.45, 7) is 3.83. The first-order valence-electron chi connectivity index (χ1n) is 12.5. The summed E-state index contributed by atoms with van der Waals surface area (Å²) in [7, 11) is 0. The first kappa shape index (κ1) is 32.1. The van der Waals surface area contributed by atoms with Crippen LogP contribution in [0.3, 0.4) is 0 Å². The molecule has 2 aliphatic rings. The Kier molecular flexibility index (Phi) is 13.6. The molecular formula is C30H34N3NaO2S2. The summed E-state index contributed by atoms with van der Waals surface area (Å²) in [5.41, 5.74) is 9.09. The van der Waals surface area contributed by atoms with Gasteiger partial charge in [0, 0.05) is 43.6 Å². The number of thiocarbonyl (C=S) groups is 2. The molecule has 0 bridgehead atoms. The van der Waals surface area contributed by atoms with E-state index in [-0.39, 0.29) is 40.8 Å². The van der Waals surface area contributed by atoms with Gasteiger partial charge >= 0.3 is 29.6 Å². The molecule has 2 atom stereocenters. The van der Waals surface area contributed by atoms with Crippen molar-refractivity contribution in [2.45, 2.75) is 31.1 Å². The minimum Gasteiger partial charge on any atom is -0.870 e. The summed E-state index contributed by atoms with van der Waals surface area (Å²) < 4.78 is 0. The monoisotopic (exact) mass is 555 g/mol. The standard InChI is InChI=1S/C19H19NOS.C11H14N2S.Na.H2O/c21-18(16-9-5-2-6-10-16)13-19(22)20-12-11-17(14-20)15-7-3-1-4-8-15;12-11(14)13-7-6-10(8-13)9-4-2-1-3-5-9;;/h1-10,17H,11-14H2;1-5,10H,6-8H2,(H2,12,14);;1H2/q;;+1;/p-1. The van der Waals surface area contributed by atoms with Crippen LogP contribution in [0.2, 0.25) is 0 Å². The van der Waals surface area contributed by atoms with E-state index in [0.29, 0.717) is 23.4 Å². The Hall–Kier alpha value is -2.13. The third-order valence-electron chi connectivity index (χ3n) is 6.99. The van der Waals surface area contributed by atoms with Gasteiger partial charge in [0.05, 0.1) is 11.4 Å². The second kappa shape index (κ2) is 16.1. The fourth-order valence-electron chi connectivity index (χ4n) is 4.92. The maximum atomic E-state index is 12.2. The Morgan fingerprint density at radius 3 is 1.61 bits per heavy atom. The molecule has 3 aromatic rings. The summed E-state index contributed by atoms with van der Waals surface area (Å²) in [6.07, 6.45) is 2.59. The van der Waals surface area contributed by atoms with Crippen molar-refractivity contribution in [1.29, 1.82) is 0 Å². The molecule has 5 rings (SSSR count). The smallest absolute Gasteiger partial charge is 0.870 e. The van der Waals surface area contributed by atoms with E-state index in [0.717, 1.165) is 49.6 Å². The zero-order chi connectivity index (χ0) is 25.3. The largest absolute Gasteiger partial charge is 1.00 e. The fraction of sp³-hybridized carbons (Fsp3) is 0.300. The van der Waals surface area contributed by atoms with Crippen molar-refractivity contribution >= 4 is 40.3 Å². The van der Waals surface area contributed by atoms with Gasteiger partial charge < -0.3 is 21.0 Å². The number of nitrogens with zero attached hydrogens (tertiary/aromatic N) is 2. The summed E-state index contributed by atoms with van der Waals surface area (Å²) in [5.74, 6) is 1.22. The molecule has 2 unspecified atom stereocenters. The molecule has 0 aromatic heterocycles. The van der Waals surface area contributed by atoms with Crippen LogP contribution in [0, 0.1) is 0 Å². The molecule has 3 aromatic carbocycles. The van der Waals surface area contributed by atoms with Crippen LogP contribution in [0.15, 0.2) is 91.0 Å². The Morgan fingerprint density at radius 1 is 0.737 bits per heavy atom. The van der Waals surface area contributed by atoms with Gasteiger partial charge in [0.15, 0.2) is 10.9 Å². The molecule has 3 N–H and O–H groups in total. The molecule has 0 radical (unpaired) electrons. The van der Waals surface area contributed by atoms with E-state index < -0.39 is 0 Å². The van der Waals surface area contributed by atoms with Gasteiger partial charge in [0.1, 0.15) is 0 Å². The van der Waals surface area contributed by atoms with E-state index >= 15 is 0 Å². The van der Waals surface area contributed by atoms with Gasteiger partial charge in [0.25, 0.3) is 0 Å². The predicted molar refractivity (Wildman–Crippen MR) is 157 cm³/mol. The second-order valence-corrected chi connectivity index (χ2v) is 10.3. The number of rotatable bonds is 5. The molecule has 2 heterocycles. The Balaban J connectivity index is 0.000000276. The van der Waals surface area contributed by atoms with E-state index in [1.54, 1.807) is 0 Å². The molecule has 194 valence electrons. The molecule has 0 aliphatic carbocycles. The Labute approximate surface area is 259 Å². The number of carbonyl (C=O) groups excluding carboxylic acids is 1. The van der Waals surface area contributed by atoms with Crippen molar-refractivity contribution in [3.05, 3.63) is 108 Å². The van der Waals surface area contributed by atoms with E-state index in [2.05, 4.69) is 58.3 Å². The van der Waals surface area contributed by atoms with E-state index in [9.17, 15) is 4.79 Å². The van der Waals surface area contributed by atoms with Crippen LogP contribution in [0.4, 0.5) is 0 Å². The number of carbonyl (C=O) groups is 1. The maximum absolute atomic E-state index is 12.2. The van der Waals surface area contributed by atoms with Gasteiger partial charge in [-0.1, -0.05) is 103 Å². The third-order valence-corrected chi connectivity index (χ3v) is 7.65. The summed E-state index contributed by atoms with van der Waals surface area (Å²) >= 11 is 10.5. The van der Waals surface area contributed by atoms with Crippen LogP contribution < -0.4 is 35.3 Å². The molecule has 8 heteroatoms. The molecule has 0 saturated carbocycles. The van der Waals surface area contributed by atoms with Crippen molar-refractivity contribution in [3.63, 3.8) is 0 Å². The van der Waals surface area contributed by atoms with E-state index in [1.807, 2.05) is 42.5 Å². The summed E-state index contributed by atoms with van der Waals surface area (Å²) in [5, 5.41) is 0.531. The average molecular weight is 556 g/mol. The molecule has 5 nitrogen and oxygen atoms in total. The van der Waals surface area contributed by atoms with Gasteiger partial charge in [-0.05, 0) is 36.2 Å². The second-order valence-electron chi connectivity index (χ2n) is 9.38. The van der Waals surface area contributed by atoms with Gasteiger partial charge in [-0.15, -0.1) is 0 Å². The topological polar surface area (TPSA) is 79.6 Å². The minimum atomic E-state index is 0. The van der Waals surface area contributed by atoms with E-state index in [1.165, 1.54) is 11.1 Å². The van der Waals surface area contributed by atoms with Crippen molar-refractivity contribution in [3.8, 4) is 0 Å². The molecule has 2 fully saturated rings. The van der Waals surface area contributed by atoms with Crippen molar-refractivity contribution in [2.24, 2.45) is 5.73 Å². The molecule has 0 spiro atoms. The fourth-order valence-corrected chi connectivity index (χ4v) is 5.38. The molecule has 2 saturated heterocycles. The number of nitrogens with two attached hydrogens (primary N) is 1. The maximum Gasteiger partial charge on any atom is 1.00 e. The molecule has 38 heavy (non-hydrogen) atoms.